The molecule has 0 aliphatic carbocycles. The van der Waals surface area contributed by atoms with Gasteiger partial charge in [0.2, 0.25) is 5.89 Å². The highest BCUT2D eigenvalue weighted by Gasteiger charge is 2.28. The Kier molecular flexibility index (Phi) is 5.03. The molecule has 4 aromatic rings. The molecular formula is C23H23N3O4. The lowest BCUT2D eigenvalue weighted by Gasteiger charge is -2.18. The maximum absolute atomic E-state index is 13.3. The number of hydrogen-bond acceptors (Lipinski definition) is 6. The Morgan fingerprint density at radius 3 is 2.47 bits per heavy atom. The fourth-order valence-electron chi connectivity index (χ4n) is 3.71. The molecule has 0 radical (unpaired) electrons. The van der Waals surface area contributed by atoms with Gasteiger partial charge >= 0.3 is 0 Å². The lowest BCUT2D eigenvalue weighted by molar-refractivity contribution is 0.0914. The van der Waals surface area contributed by atoms with Gasteiger partial charge in [-0.15, -0.1) is 0 Å². The predicted molar refractivity (Wildman–Crippen MR) is 112 cm³/mol. The summed E-state index contributed by atoms with van der Waals surface area (Å²) in [5, 5.41) is 7.98. The van der Waals surface area contributed by atoms with Crippen LogP contribution in [0.3, 0.4) is 0 Å². The molecule has 0 bridgehead atoms. The third-order valence-electron chi connectivity index (χ3n) is 5.22. The van der Waals surface area contributed by atoms with E-state index in [0.29, 0.717) is 17.5 Å². The molecule has 7 heteroatoms. The van der Waals surface area contributed by atoms with Gasteiger partial charge in [-0.1, -0.05) is 35.5 Å². The summed E-state index contributed by atoms with van der Waals surface area (Å²) in [5.74, 6) is 1.26. The monoisotopic (exact) mass is 405 g/mol. The van der Waals surface area contributed by atoms with Gasteiger partial charge in [0.05, 0.1) is 7.11 Å². The maximum Gasteiger partial charge on any atom is 0.288 e. The minimum atomic E-state index is -0.666. The van der Waals surface area contributed by atoms with Crippen molar-refractivity contribution in [1.29, 1.82) is 0 Å². The van der Waals surface area contributed by atoms with Gasteiger partial charge in [-0.05, 0) is 38.0 Å². The number of nitrogens with zero attached hydrogens (tertiary/aromatic N) is 2. The van der Waals surface area contributed by atoms with Gasteiger partial charge in [0, 0.05) is 23.4 Å². The van der Waals surface area contributed by atoms with Gasteiger partial charge in [0.15, 0.2) is 11.6 Å². The maximum atomic E-state index is 13.3. The SMILES string of the molecule is COc1ccccc1C(NC(=O)c1oc2c(C)ccc(C)c2c1C)c1noc(C)n1. The molecule has 7 nitrogen and oxygen atoms in total. The average Bonchev–Trinajstić information content (AvgIpc) is 3.33. The molecule has 2 aromatic carbocycles. The van der Waals surface area contributed by atoms with Crippen molar-refractivity contribution in [3.8, 4) is 5.75 Å². The van der Waals surface area contributed by atoms with Crippen LogP contribution in [-0.4, -0.2) is 23.2 Å². The number of methoxy groups -OCH3 is 1. The summed E-state index contributed by atoms with van der Waals surface area (Å²) >= 11 is 0. The van der Waals surface area contributed by atoms with Crippen LogP contribution in [0.15, 0.2) is 45.3 Å². The number of furan rings is 1. The average molecular weight is 405 g/mol. The zero-order chi connectivity index (χ0) is 21.4. The third-order valence-corrected chi connectivity index (χ3v) is 5.22. The first-order chi connectivity index (χ1) is 14.4. The van der Waals surface area contributed by atoms with Crippen molar-refractivity contribution in [2.24, 2.45) is 0 Å². The van der Waals surface area contributed by atoms with Gasteiger partial charge in [-0.3, -0.25) is 4.79 Å². The third kappa shape index (κ3) is 3.32. The van der Waals surface area contributed by atoms with Crippen LogP contribution in [0.1, 0.15) is 50.6 Å². The number of rotatable bonds is 5. The number of nitrogens with one attached hydrogen (secondary N) is 1. The molecule has 0 fully saturated rings. The smallest absolute Gasteiger partial charge is 0.288 e. The van der Waals surface area contributed by atoms with Crippen LogP contribution in [-0.2, 0) is 0 Å². The highest BCUT2D eigenvalue weighted by molar-refractivity contribution is 6.00. The first kappa shape index (κ1) is 19.7. The Morgan fingerprint density at radius 2 is 1.80 bits per heavy atom. The van der Waals surface area contributed by atoms with Crippen LogP contribution in [0.4, 0.5) is 0 Å². The van der Waals surface area contributed by atoms with E-state index < -0.39 is 6.04 Å². The number of carbonyl (C=O) groups is 1. The van der Waals surface area contributed by atoms with Crippen molar-refractivity contribution >= 4 is 16.9 Å². The van der Waals surface area contributed by atoms with Gasteiger partial charge < -0.3 is 19.0 Å². The summed E-state index contributed by atoms with van der Waals surface area (Å²) in [4.78, 5) is 17.6. The van der Waals surface area contributed by atoms with Crippen LogP contribution in [0.2, 0.25) is 0 Å². The molecule has 1 amide bonds. The standard InChI is InChI=1S/C23H23N3O4/c1-12-10-11-13(2)20-18(12)14(3)21(29-20)23(27)25-19(22-24-15(4)30-26-22)16-8-6-7-9-17(16)28-5/h6-11,19H,1-5H3,(H,25,27). The Hall–Kier alpha value is -3.61. The highest BCUT2D eigenvalue weighted by Crippen LogP contribution is 2.32. The van der Waals surface area contributed by atoms with E-state index in [1.54, 1.807) is 14.0 Å². The first-order valence-corrected chi connectivity index (χ1v) is 9.64. The molecule has 0 aliphatic heterocycles. The van der Waals surface area contributed by atoms with Crippen molar-refractivity contribution in [2.75, 3.05) is 7.11 Å². The molecule has 2 aromatic heterocycles. The van der Waals surface area contributed by atoms with Crippen molar-refractivity contribution in [3.63, 3.8) is 0 Å². The van der Waals surface area contributed by atoms with Crippen molar-refractivity contribution in [1.82, 2.24) is 15.5 Å². The second kappa shape index (κ2) is 7.67. The Balaban J connectivity index is 1.78. The number of amides is 1. The minimum absolute atomic E-state index is 0.266. The quantitative estimate of drug-likeness (QED) is 0.523. The summed E-state index contributed by atoms with van der Waals surface area (Å²) in [6, 6.07) is 10.8. The van der Waals surface area contributed by atoms with E-state index in [9.17, 15) is 4.79 Å². The fraction of sp³-hybridized carbons (Fsp3) is 0.261. The van der Waals surface area contributed by atoms with Crippen LogP contribution >= 0.6 is 0 Å². The number of aromatic nitrogens is 2. The number of aryl methyl sites for hydroxylation is 4. The lowest BCUT2D eigenvalue weighted by atomic mass is 10.0. The molecule has 1 N–H and O–H groups in total. The Morgan fingerprint density at radius 1 is 1.07 bits per heavy atom. The molecule has 154 valence electrons. The van der Waals surface area contributed by atoms with Crippen LogP contribution in [0.25, 0.3) is 11.0 Å². The summed E-state index contributed by atoms with van der Waals surface area (Å²) in [6.45, 7) is 7.56. The molecule has 1 unspecified atom stereocenters. The van der Waals surface area contributed by atoms with Crippen LogP contribution in [0.5, 0.6) is 5.75 Å². The summed E-state index contributed by atoms with van der Waals surface area (Å²) in [6.07, 6.45) is 0. The van der Waals surface area contributed by atoms with Gasteiger partial charge in [-0.25, -0.2) is 0 Å². The highest BCUT2D eigenvalue weighted by atomic mass is 16.5. The molecule has 0 saturated carbocycles. The van der Waals surface area contributed by atoms with Crippen molar-refractivity contribution in [2.45, 2.75) is 33.7 Å². The molecule has 0 saturated heterocycles. The number of carbonyl (C=O) groups excluding carboxylic acids is 1. The predicted octanol–water partition coefficient (Wildman–Crippen LogP) is 4.58. The molecule has 2 heterocycles. The topological polar surface area (TPSA) is 90.4 Å². The van der Waals surface area contributed by atoms with E-state index in [-0.39, 0.29) is 11.7 Å². The molecule has 1 atom stereocenters. The molecule has 0 spiro atoms. The largest absolute Gasteiger partial charge is 0.496 e. The van der Waals surface area contributed by atoms with Gasteiger partial charge in [-0.2, -0.15) is 4.98 Å². The number of ether oxygens (including phenoxy) is 1. The lowest BCUT2D eigenvalue weighted by Crippen LogP contribution is -2.30. The van der Waals surface area contributed by atoms with E-state index in [4.69, 9.17) is 13.7 Å². The van der Waals surface area contributed by atoms with Gasteiger partial charge in [0.1, 0.15) is 17.4 Å². The second-order valence-corrected chi connectivity index (χ2v) is 7.28. The van der Waals surface area contributed by atoms with Gasteiger partial charge in [0.25, 0.3) is 5.91 Å². The van der Waals surface area contributed by atoms with E-state index in [1.807, 2.05) is 57.2 Å². The second-order valence-electron chi connectivity index (χ2n) is 7.28. The van der Waals surface area contributed by atoms with E-state index in [2.05, 4.69) is 15.5 Å². The van der Waals surface area contributed by atoms with Crippen LogP contribution in [0, 0.1) is 27.7 Å². The zero-order valence-corrected chi connectivity index (χ0v) is 17.6. The summed E-state index contributed by atoms with van der Waals surface area (Å²) < 4.78 is 16.6. The number of para-hydroxylation sites is 1. The Bertz CT molecular complexity index is 1240. The Labute approximate surface area is 174 Å². The summed E-state index contributed by atoms with van der Waals surface area (Å²) in [5.41, 5.74) is 4.28. The number of benzene rings is 2. The van der Waals surface area contributed by atoms with E-state index in [0.717, 1.165) is 33.2 Å². The van der Waals surface area contributed by atoms with Crippen molar-refractivity contribution < 1.29 is 18.5 Å². The first-order valence-electron chi connectivity index (χ1n) is 9.64. The normalized spacial score (nSPS) is 12.2. The minimum Gasteiger partial charge on any atom is -0.496 e. The number of hydrogen-bond donors (Lipinski definition) is 1. The number of fused-ring (bicyclic) bond motifs is 1. The van der Waals surface area contributed by atoms with Crippen LogP contribution < -0.4 is 10.1 Å². The molecule has 4 rings (SSSR count). The van der Waals surface area contributed by atoms with Crippen molar-refractivity contribution in [3.05, 3.63) is 76.1 Å². The molecular weight excluding hydrogens is 382 g/mol. The molecule has 30 heavy (non-hydrogen) atoms. The van der Waals surface area contributed by atoms with E-state index in [1.165, 1.54) is 0 Å². The fourth-order valence-corrected chi connectivity index (χ4v) is 3.71. The molecule has 0 aliphatic rings. The van der Waals surface area contributed by atoms with E-state index >= 15 is 0 Å². The zero-order valence-electron chi connectivity index (χ0n) is 17.6. The summed E-state index contributed by atoms with van der Waals surface area (Å²) in [7, 11) is 1.58.